The number of carbonyl (C=O) groups is 1. The SMILES string of the molecule is CCC1(C)CCC(c2ccc(Cl)cc2)=C(CN2CCN(c3ccc(C(=O)O)cc3)CC2)C1. The molecule has 1 fully saturated rings. The lowest BCUT2D eigenvalue weighted by Gasteiger charge is -2.40. The highest BCUT2D eigenvalue weighted by Crippen LogP contribution is 2.45. The Kier molecular flexibility index (Phi) is 6.92. The highest BCUT2D eigenvalue weighted by Gasteiger charge is 2.31. The van der Waals surface area contributed by atoms with Crippen LogP contribution in [0.1, 0.15) is 55.5 Å². The van der Waals surface area contributed by atoms with Crippen LogP contribution in [0.15, 0.2) is 54.1 Å². The molecule has 0 spiro atoms. The summed E-state index contributed by atoms with van der Waals surface area (Å²) in [5.74, 6) is -0.877. The molecule has 170 valence electrons. The third-order valence-corrected chi connectivity index (χ3v) is 7.61. The van der Waals surface area contributed by atoms with Crippen LogP contribution in [0.25, 0.3) is 5.57 Å². The molecular formula is C27H33ClN2O2. The molecule has 1 heterocycles. The molecule has 4 nitrogen and oxygen atoms in total. The minimum atomic E-state index is -0.877. The number of allylic oxidation sites excluding steroid dienone is 1. The molecule has 1 saturated heterocycles. The Hall–Kier alpha value is -2.30. The largest absolute Gasteiger partial charge is 0.478 e. The van der Waals surface area contributed by atoms with Gasteiger partial charge in [-0.2, -0.15) is 0 Å². The molecule has 0 saturated carbocycles. The standard InChI is InChI=1S/C27H33ClN2O2/c1-3-27(2)13-12-25(20-4-8-23(28)9-5-20)22(18-27)19-29-14-16-30(17-15-29)24-10-6-21(7-11-24)26(31)32/h4-11H,3,12-19H2,1-2H3,(H,31,32). The van der Waals surface area contributed by atoms with E-state index in [4.69, 9.17) is 16.7 Å². The van der Waals surface area contributed by atoms with Gasteiger partial charge in [0.05, 0.1) is 5.56 Å². The van der Waals surface area contributed by atoms with Gasteiger partial charge in [-0.25, -0.2) is 4.79 Å². The van der Waals surface area contributed by atoms with Crippen molar-refractivity contribution in [3.8, 4) is 0 Å². The number of halogens is 1. The maximum atomic E-state index is 11.1. The maximum Gasteiger partial charge on any atom is 0.335 e. The number of hydrogen-bond donors (Lipinski definition) is 1. The van der Waals surface area contributed by atoms with E-state index in [1.165, 1.54) is 30.4 Å². The fraction of sp³-hybridized carbons (Fsp3) is 0.444. The molecule has 1 N–H and O–H groups in total. The minimum Gasteiger partial charge on any atom is -0.478 e. The molecule has 0 radical (unpaired) electrons. The van der Waals surface area contributed by atoms with Crippen molar-refractivity contribution in [2.75, 3.05) is 37.6 Å². The Balaban J connectivity index is 1.46. The molecule has 4 rings (SSSR count). The second-order valence-electron chi connectivity index (χ2n) is 9.55. The van der Waals surface area contributed by atoms with Crippen molar-refractivity contribution in [1.29, 1.82) is 0 Å². The summed E-state index contributed by atoms with van der Waals surface area (Å²) in [5, 5.41) is 9.91. The predicted octanol–water partition coefficient (Wildman–Crippen LogP) is 6.21. The Morgan fingerprint density at radius 2 is 1.69 bits per heavy atom. The molecule has 1 atom stereocenters. The Morgan fingerprint density at radius 1 is 1.03 bits per heavy atom. The fourth-order valence-corrected chi connectivity index (χ4v) is 5.14. The van der Waals surface area contributed by atoms with Crippen molar-refractivity contribution in [3.05, 3.63) is 70.3 Å². The van der Waals surface area contributed by atoms with Crippen LogP contribution in [0, 0.1) is 5.41 Å². The lowest BCUT2D eigenvalue weighted by molar-refractivity contribution is 0.0697. The lowest BCUT2D eigenvalue weighted by atomic mass is 9.70. The van der Waals surface area contributed by atoms with Crippen LogP contribution >= 0.6 is 11.6 Å². The topological polar surface area (TPSA) is 43.8 Å². The van der Waals surface area contributed by atoms with Crippen LogP contribution in [0.5, 0.6) is 0 Å². The number of piperazine rings is 1. The second-order valence-corrected chi connectivity index (χ2v) is 9.98. The Labute approximate surface area is 196 Å². The van der Waals surface area contributed by atoms with E-state index in [-0.39, 0.29) is 0 Å². The van der Waals surface area contributed by atoms with E-state index in [1.807, 2.05) is 24.3 Å². The van der Waals surface area contributed by atoms with Crippen LogP contribution in [0.4, 0.5) is 5.69 Å². The first-order chi connectivity index (χ1) is 15.4. The molecule has 2 aromatic rings. The molecule has 5 heteroatoms. The van der Waals surface area contributed by atoms with E-state index in [1.54, 1.807) is 17.7 Å². The molecule has 0 amide bonds. The van der Waals surface area contributed by atoms with Gasteiger partial charge in [0.15, 0.2) is 0 Å². The van der Waals surface area contributed by atoms with E-state index in [0.717, 1.165) is 49.9 Å². The van der Waals surface area contributed by atoms with Crippen molar-refractivity contribution in [3.63, 3.8) is 0 Å². The van der Waals surface area contributed by atoms with Crippen LogP contribution in [-0.4, -0.2) is 48.7 Å². The van der Waals surface area contributed by atoms with Gasteiger partial charge in [0.25, 0.3) is 0 Å². The summed E-state index contributed by atoms with van der Waals surface area (Å²) < 4.78 is 0. The van der Waals surface area contributed by atoms with Crippen LogP contribution in [0.2, 0.25) is 5.02 Å². The zero-order valence-electron chi connectivity index (χ0n) is 19.1. The number of carboxylic acid groups (broad SMARTS) is 1. The van der Waals surface area contributed by atoms with Crippen molar-refractivity contribution in [2.45, 2.75) is 39.5 Å². The predicted molar refractivity (Wildman–Crippen MR) is 133 cm³/mol. The first kappa shape index (κ1) is 22.9. The van der Waals surface area contributed by atoms with Crippen LogP contribution < -0.4 is 4.90 Å². The fourth-order valence-electron chi connectivity index (χ4n) is 5.02. The molecular weight excluding hydrogens is 420 g/mol. The molecule has 0 aromatic heterocycles. The van der Waals surface area contributed by atoms with Gasteiger partial charge in [-0.1, -0.05) is 49.6 Å². The van der Waals surface area contributed by atoms with Gasteiger partial charge in [-0.05, 0) is 72.2 Å². The molecule has 0 bridgehead atoms. The monoisotopic (exact) mass is 452 g/mol. The van der Waals surface area contributed by atoms with Gasteiger partial charge in [0.2, 0.25) is 0 Å². The minimum absolute atomic E-state index is 0.338. The number of nitrogens with zero attached hydrogens (tertiary/aromatic N) is 2. The number of rotatable bonds is 6. The quantitative estimate of drug-likeness (QED) is 0.565. The summed E-state index contributed by atoms with van der Waals surface area (Å²) in [7, 11) is 0. The van der Waals surface area contributed by atoms with Crippen molar-refractivity contribution >= 4 is 28.8 Å². The zero-order chi connectivity index (χ0) is 22.7. The summed E-state index contributed by atoms with van der Waals surface area (Å²) >= 11 is 6.14. The zero-order valence-corrected chi connectivity index (χ0v) is 19.9. The number of carboxylic acids is 1. The van der Waals surface area contributed by atoms with E-state index < -0.39 is 5.97 Å². The Morgan fingerprint density at radius 3 is 2.28 bits per heavy atom. The number of benzene rings is 2. The smallest absolute Gasteiger partial charge is 0.335 e. The van der Waals surface area contributed by atoms with E-state index >= 15 is 0 Å². The third kappa shape index (κ3) is 5.19. The summed E-state index contributed by atoms with van der Waals surface area (Å²) in [4.78, 5) is 16.0. The van der Waals surface area contributed by atoms with Crippen molar-refractivity contribution < 1.29 is 9.90 Å². The Bertz CT molecular complexity index is 976. The van der Waals surface area contributed by atoms with Gasteiger partial charge in [0.1, 0.15) is 0 Å². The molecule has 1 unspecified atom stereocenters. The maximum absolute atomic E-state index is 11.1. The first-order valence-electron chi connectivity index (χ1n) is 11.6. The lowest BCUT2D eigenvalue weighted by Crippen LogP contribution is -2.47. The summed E-state index contributed by atoms with van der Waals surface area (Å²) in [6, 6.07) is 15.6. The van der Waals surface area contributed by atoms with Gasteiger partial charge in [-0.15, -0.1) is 0 Å². The van der Waals surface area contributed by atoms with Gasteiger partial charge >= 0.3 is 5.97 Å². The van der Waals surface area contributed by atoms with Crippen molar-refractivity contribution in [2.24, 2.45) is 5.41 Å². The number of aromatic carboxylic acids is 1. The van der Waals surface area contributed by atoms with E-state index in [2.05, 4.69) is 35.8 Å². The molecule has 2 aliphatic rings. The van der Waals surface area contributed by atoms with Gasteiger partial charge in [-0.3, -0.25) is 4.90 Å². The van der Waals surface area contributed by atoms with Gasteiger partial charge in [0, 0.05) is 43.4 Å². The highest BCUT2D eigenvalue weighted by molar-refractivity contribution is 6.30. The molecule has 2 aromatic carbocycles. The van der Waals surface area contributed by atoms with E-state index in [0.29, 0.717) is 11.0 Å². The first-order valence-corrected chi connectivity index (χ1v) is 12.0. The van der Waals surface area contributed by atoms with E-state index in [9.17, 15) is 4.79 Å². The second kappa shape index (κ2) is 9.68. The van der Waals surface area contributed by atoms with Crippen molar-refractivity contribution in [1.82, 2.24) is 4.90 Å². The summed E-state index contributed by atoms with van der Waals surface area (Å²) in [6.07, 6.45) is 4.76. The third-order valence-electron chi connectivity index (χ3n) is 7.36. The highest BCUT2D eigenvalue weighted by atomic mass is 35.5. The molecule has 1 aliphatic carbocycles. The normalized spacial score (nSPS) is 22.3. The van der Waals surface area contributed by atoms with Crippen LogP contribution in [-0.2, 0) is 0 Å². The molecule has 1 aliphatic heterocycles. The average molecular weight is 453 g/mol. The van der Waals surface area contributed by atoms with Crippen LogP contribution in [0.3, 0.4) is 0 Å². The van der Waals surface area contributed by atoms with Gasteiger partial charge < -0.3 is 10.0 Å². The summed E-state index contributed by atoms with van der Waals surface area (Å²) in [6.45, 7) is 9.73. The number of hydrogen-bond acceptors (Lipinski definition) is 3. The summed E-state index contributed by atoms with van der Waals surface area (Å²) in [5.41, 5.74) is 6.25. The average Bonchev–Trinajstić information content (AvgIpc) is 2.81. The number of anilines is 1. The molecule has 32 heavy (non-hydrogen) atoms.